The van der Waals surface area contributed by atoms with Crippen molar-refractivity contribution in [2.75, 3.05) is 13.1 Å². The van der Waals surface area contributed by atoms with Crippen LogP contribution in [0.4, 0.5) is 0 Å². The summed E-state index contributed by atoms with van der Waals surface area (Å²) >= 11 is 0. The smallest absolute Gasteiger partial charge is 0.138 e. The Morgan fingerprint density at radius 1 is 1.31 bits per heavy atom. The van der Waals surface area contributed by atoms with Gasteiger partial charge in [0.05, 0.1) is 11.7 Å². The molecule has 1 fully saturated rings. The van der Waals surface area contributed by atoms with Crippen LogP contribution in [0.2, 0.25) is 0 Å². The Balaban J connectivity index is 1.86. The summed E-state index contributed by atoms with van der Waals surface area (Å²) in [5.41, 5.74) is 1.01. The number of benzene rings is 1. The highest BCUT2D eigenvalue weighted by Gasteiger charge is 2.15. The molecule has 3 rings (SSSR count). The fourth-order valence-corrected chi connectivity index (χ4v) is 2.04. The molecule has 1 aromatic carbocycles. The number of hydrogen-bond donors (Lipinski definition) is 1. The summed E-state index contributed by atoms with van der Waals surface area (Å²) in [6, 6.07) is 10.1. The molecule has 1 unspecified atom stereocenters. The summed E-state index contributed by atoms with van der Waals surface area (Å²) in [6.07, 6.45) is 3.18. The molecule has 1 aliphatic rings. The Morgan fingerprint density at radius 3 is 3.12 bits per heavy atom. The molecule has 0 radical (unpaired) electrons. The van der Waals surface area contributed by atoms with E-state index in [0.29, 0.717) is 6.10 Å². The number of pyridine rings is 1. The number of para-hydroxylation sites is 1. The fraction of sp³-hybridized carbons (Fsp3) is 0.308. The lowest BCUT2D eigenvalue weighted by Crippen LogP contribution is -2.19. The predicted molar refractivity (Wildman–Crippen MR) is 63.6 cm³/mol. The summed E-state index contributed by atoms with van der Waals surface area (Å²) in [5.74, 6) is 0.868. The summed E-state index contributed by atoms with van der Waals surface area (Å²) in [5, 5.41) is 4.41. The van der Waals surface area contributed by atoms with Gasteiger partial charge in [-0.1, -0.05) is 18.2 Å². The van der Waals surface area contributed by atoms with Crippen molar-refractivity contribution in [2.45, 2.75) is 12.5 Å². The molecule has 0 amide bonds. The van der Waals surface area contributed by atoms with E-state index in [9.17, 15) is 0 Å². The highest BCUT2D eigenvalue weighted by Crippen LogP contribution is 2.19. The molecule has 1 aliphatic heterocycles. The first-order chi connectivity index (χ1) is 7.92. The molecule has 3 nitrogen and oxygen atoms in total. The second kappa shape index (κ2) is 4.10. The van der Waals surface area contributed by atoms with Gasteiger partial charge >= 0.3 is 0 Å². The lowest BCUT2D eigenvalue weighted by molar-refractivity contribution is 0.222. The molecule has 1 aromatic heterocycles. The highest BCUT2D eigenvalue weighted by atomic mass is 16.5. The maximum absolute atomic E-state index is 5.86. The SMILES string of the molecule is c1ccc2ncc(OC3CCNC3)cc2c1. The molecule has 2 aromatic rings. The van der Waals surface area contributed by atoms with Crippen LogP contribution in [-0.2, 0) is 0 Å². The van der Waals surface area contributed by atoms with Crippen LogP contribution in [0.1, 0.15) is 6.42 Å². The average molecular weight is 214 g/mol. The van der Waals surface area contributed by atoms with Gasteiger partial charge in [0.25, 0.3) is 0 Å². The van der Waals surface area contributed by atoms with Crippen molar-refractivity contribution < 1.29 is 4.74 Å². The molecule has 1 atom stereocenters. The molecule has 1 N–H and O–H groups in total. The first kappa shape index (κ1) is 9.60. The van der Waals surface area contributed by atoms with E-state index in [1.807, 2.05) is 18.2 Å². The minimum Gasteiger partial charge on any atom is -0.487 e. The number of nitrogens with zero attached hydrogens (tertiary/aromatic N) is 1. The van der Waals surface area contributed by atoms with Crippen molar-refractivity contribution in [1.82, 2.24) is 10.3 Å². The van der Waals surface area contributed by atoms with Gasteiger partial charge in [0.2, 0.25) is 0 Å². The van der Waals surface area contributed by atoms with E-state index in [2.05, 4.69) is 22.4 Å². The molecule has 3 heteroatoms. The van der Waals surface area contributed by atoms with Crippen LogP contribution in [0.25, 0.3) is 10.9 Å². The van der Waals surface area contributed by atoms with Crippen LogP contribution >= 0.6 is 0 Å². The normalized spacial score (nSPS) is 20.1. The van der Waals surface area contributed by atoms with Crippen LogP contribution in [0.15, 0.2) is 36.5 Å². The minimum atomic E-state index is 0.294. The molecular weight excluding hydrogens is 200 g/mol. The van der Waals surface area contributed by atoms with Crippen molar-refractivity contribution in [3.8, 4) is 5.75 Å². The van der Waals surface area contributed by atoms with E-state index in [0.717, 1.165) is 36.2 Å². The van der Waals surface area contributed by atoms with E-state index in [1.54, 1.807) is 6.20 Å². The fourth-order valence-electron chi connectivity index (χ4n) is 2.04. The topological polar surface area (TPSA) is 34.1 Å². The van der Waals surface area contributed by atoms with E-state index in [-0.39, 0.29) is 0 Å². The summed E-state index contributed by atoms with van der Waals surface area (Å²) < 4.78 is 5.86. The Morgan fingerprint density at radius 2 is 2.25 bits per heavy atom. The van der Waals surface area contributed by atoms with E-state index >= 15 is 0 Å². The number of fused-ring (bicyclic) bond motifs is 1. The van der Waals surface area contributed by atoms with Crippen LogP contribution in [0.5, 0.6) is 5.75 Å². The predicted octanol–water partition coefficient (Wildman–Crippen LogP) is 1.98. The van der Waals surface area contributed by atoms with Gasteiger partial charge in [-0.3, -0.25) is 4.98 Å². The standard InChI is InChI=1S/C13H14N2O/c1-2-4-13-10(3-1)7-12(9-15-13)16-11-5-6-14-8-11/h1-4,7,9,11,14H,5-6,8H2. The zero-order valence-corrected chi connectivity index (χ0v) is 9.02. The molecule has 2 heterocycles. The van der Waals surface area contributed by atoms with E-state index in [4.69, 9.17) is 4.74 Å². The van der Waals surface area contributed by atoms with Crippen LogP contribution in [0, 0.1) is 0 Å². The maximum Gasteiger partial charge on any atom is 0.138 e. The summed E-state index contributed by atoms with van der Waals surface area (Å²) in [6.45, 7) is 1.98. The third-order valence-electron chi connectivity index (χ3n) is 2.88. The largest absolute Gasteiger partial charge is 0.487 e. The van der Waals surface area contributed by atoms with Gasteiger partial charge < -0.3 is 10.1 Å². The molecule has 0 aliphatic carbocycles. The molecular formula is C13H14N2O. The van der Waals surface area contributed by atoms with Gasteiger partial charge in [0.15, 0.2) is 0 Å². The van der Waals surface area contributed by atoms with E-state index < -0.39 is 0 Å². The molecule has 0 spiro atoms. The number of aromatic nitrogens is 1. The summed E-state index contributed by atoms with van der Waals surface area (Å²) in [4.78, 5) is 4.38. The first-order valence-corrected chi connectivity index (χ1v) is 5.64. The zero-order chi connectivity index (χ0) is 10.8. The second-order valence-electron chi connectivity index (χ2n) is 4.10. The van der Waals surface area contributed by atoms with Gasteiger partial charge in [0, 0.05) is 11.9 Å². The Labute approximate surface area is 94.5 Å². The lowest BCUT2D eigenvalue weighted by atomic mass is 10.2. The highest BCUT2D eigenvalue weighted by molar-refractivity contribution is 5.79. The van der Waals surface area contributed by atoms with Crippen LogP contribution in [0.3, 0.4) is 0 Å². The van der Waals surface area contributed by atoms with Gasteiger partial charge in [-0.25, -0.2) is 0 Å². The van der Waals surface area contributed by atoms with Crippen molar-refractivity contribution in [3.63, 3.8) is 0 Å². The van der Waals surface area contributed by atoms with E-state index in [1.165, 1.54) is 0 Å². The Bertz CT molecular complexity index is 492. The molecule has 1 saturated heterocycles. The van der Waals surface area contributed by atoms with Crippen LogP contribution in [-0.4, -0.2) is 24.2 Å². The average Bonchev–Trinajstić information content (AvgIpc) is 2.82. The van der Waals surface area contributed by atoms with Crippen molar-refractivity contribution in [2.24, 2.45) is 0 Å². The van der Waals surface area contributed by atoms with Gasteiger partial charge in [-0.05, 0) is 25.1 Å². The molecule has 16 heavy (non-hydrogen) atoms. The third kappa shape index (κ3) is 1.86. The number of rotatable bonds is 2. The van der Waals surface area contributed by atoms with Gasteiger partial charge in [-0.2, -0.15) is 0 Å². The van der Waals surface area contributed by atoms with Gasteiger partial charge in [0.1, 0.15) is 11.9 Å². The molecule has 0 saturated carbocycles. The number of nitrogens with one attached hydrogen (secondary N) is 1. The second-order valence-corrected chi connectivity index (χ2v) is 4.10. The monoisotopic (exact) mass is 214 g/mol. The number of ether oxygens (including phenoxy) is 1. The zero-order valence-electron chi connectivity index (χ0n) is 9.02. The Kier molecular flexibility index (Phi) is 2.46. The van der Waals surface area contributed by atoms with Crippen LogP contribution < -0.4 is 10.1 Å². The molecule has 0 bridgehead atoms. The first-order valence-electron chi connectivity index (χ1n) is 5.64. The molecule has 82 valence electrons. The number of hydrogen-bond acceptors (Lipinski definition) is 3. The Hall–Kier alpha value is -1.61. The lowest BCUT2D eigenvalue weighted by Gasteiger charge is -2.12. The minimum absolute atomic E-state index is 0.294. The van der Waals surface area contributed by atoms with Gasteiger partial charge in [-0.15, -0.1) is 0 Å². The summed E-state index contributed by atoms with van der Waals surface area (Å²) in [7, 11) is 0. The van der Waals surface area contributed by atoms with Crippen molar-refractivity contribution in [3.05, 3.63) is 36.5 Å². The quantitative estimate of drug-likeness (QED) is 0.830. The third-order valence-corrected chi connectivity index (χ3v) is 2.88. The maximum atomic E-state index is 5.86. The van der Waals surface area contributed by atoms with Crippen molar-refractivity contribution >= 4 is 10.9 Å². The van der Waals surface area contributed by atoms with Crippen molar-refractivity contribution in [1.29, 1.82) is 0 Å².